The zero-order valence-electron chi connectivity index (χ0n) is 5.44. The average molecular weight is 256 g/mol. The van der Waals surface area contributed by atoms with Crippen LogP contribution in [-0.2, 0) is 0 Å². The summed E-state index contributed by atoms with van der Waals surface area (Å²) in [6, 6.07) is 0. The molecule has 0 radical (unpaired) electrons. The molecule has 1 rings (SSSR count). The Morgan fingerprint density at radius 2 is 2.10 bits per heavy atom. The van der Waals surface area contributed by atoms with Crippen molar-refractivity contribution in [1.82, 2.24) is 0 Å². The monoisotopic (exact) mass is 256 g/mol. The van der Waals surface area contributed by atoms with E-state index in [0.717, 1.165) is 0 Å². The molecule has 0 fully saturated rings. The highest BCUT2D eigenvalue weighted by Crippen LogP contribution is 2.31. The summed E-state index contributed by atoms with van der Waals surface area (Å²) in [6.45, 7) is 1.86. The predicted octanol–water partition coefficient (Wildman–Crippen LogP) is 3.15. The van der Waals surface area contributed by atoms with Crippen LogP contribution in [0.5, 0.6) is 0 Å². The van der Waals surface area contributed by atoms with Crippen molar-refractivity contribution in [3.05, 3.63) is 23.8 Å². The van der Waals surface area contributed by atoms with Crippen molar-refractivity contribution < 1.29 is 8.78 Å². The van der Waals surface area contributed by atoms with E-state index in [2.05, 4.69) is 0 Å². The Morgan fingerprint density at radius 3 is 2.60 bits per heavy atom. The molecule has 2 atom stereocenters. The van der Waals surface area contributed by atoms with E-state index in [-0.39, 0.29) is 9.84 Å². The first-order valence-corrected chi connectivity index (χ1v) is 4.25. The van der Waals surface area contributed by atoms with E-state index in [4.69, 9.17) is 0 Å². The maximum absolute atomic E-state index is 12.7. The second-order valence-corrected chi connectivity index (χ2v) is 3.66. The summed E-state index contributed by atoms with van der Waals surface area (Å²) in [4.78, 5) is 0. The van der Waals surface area contributed by atoms with Crippen LogP contribution in [0, 0.1) is 5.92 Å². The van der Waals surface area contributed by atoms with Gasteiger partial charge in [0.2, 0.25) is 0 Å². The van der Waals surface area contributed by atoms with Gasteiger partial charge in [-0.1, -0.05) is 35.6 Å². The lowest BCUT2D eigenvalue weighted by Gasteiger charge is -2.16. The minimum absolute atomic E-state index is 0.0973. The van der Waals surface area contributed by atoms with Crippen LogP contribution in [0.15, 0.2) is 23.8 Å². The summed E-state index contributed by atoms with van der Waals surface area (Å²) in [5.41, 5.74) is 0. The molecule has 0 aromatic carbocycles. The van der Waals surface area contributed by atoms with Gasteiger partial charge < -0.3 is 0 Å². The second-order valence-electron chi connectivity index (χ2n) is 2.32. The molecule has 56 valence electrons. The molecular formula is C7H7F2I. The summed E-state index contributed by atoms with van der Waals surface area (Å²) in [7, 11) is 0. The lowest BCUT2D eigenvalue weighted by molar-refractivity contribution is 0.497. The number of allylic oxidation sites excluding steroid dienone is 4. The largest absolute Gasteiger partial charge is 0.207 e. The SMILES string of the molecule is C[C@@H]1C=CC(F)=C(F)C1I. The van der Waals surface area contributed by atoms with E-state index >= 15 is 0 Å². The van der Waals surface area contributed by atoms with Gasteiger partial charge in [-0.2, -0.15) is 0 Å². The third-order valence-corrected chi connectivity index (χ3v) is 3.16. The van der Waals surface area contributed by atoms with Gasteiger partial charge in [0.1, 0.15) is 5.83 Å². The first-order chi connectivity index (χ1) is 4.63. The fourth-order valence-electron chi connectivity index (χ4n) is 0.776. The molecule has 0 nitrogen and oxygen atoms in total. The summed E-state index contributed by atoms with van der Waals surface area (Å²) in [6.07, 6.45) is 2.87. The van der Waals surface area contributed by atoms with Crippen molar-refractivity contribution in [3.63, 3.8) is 0 Å². The summed E-state index contributed by atoms with van der Waals surface area (Å²) in [5, 5.41) is 0. The maximum Gasteiger partial charge on any atom is 0.155 e. The van der Waals surface area contributed by atoms with Crippen LogP contribution in [0.3, 0.4) is 0 Å². The van der Waals surface area contributed by atoms with Gasteiger partial charge in [0, 0.05) is 0 Å². The summed E-state index contributed by atoms with van der Waals surface area (Å²) >= 11 is 1.90. The third kappa shape index (κ3) is 1.38. The van der Waals surface area contributed by atoms with Crippen molar-refractivity contribution in [2.45, 2.75) is 10.8 Å². The van der Waals surface area contributed by atoms with Gasteiger partial charge in [-0.25, -0.2) is 8.78 Å². The highest BCUT2D eigenvalue weighted by atomic mass is 127. The molecule has 0 aliphatic heterocycles. The average Bonchev–Trinajstić information content (AvgIpc) is 1.93. The number of hydrogen-bond acceptors (Lipinski definition) is 0. The van der Waals surface area contributed by atoms with E-state index in [1.165, 1.54) is 6.08 Å². The topological polar surface area (TPSA) is 0 Å². The fourth-order valence-corrected chi connectivity index (χ4v) is 1.31. The molecule has 10 heavy (non-hydrogen) atoms. The molecule has 0 saturated heterocycles. The quantitative estimate of drug-likeness (QED) is 0.461. The van der Waals surface area contributed by atoms with Crippen LogP contribution in [-0.4, -0.2) is 3.92 Å². The van der Waals surface area contributed by atoms with Crippen molar-refractivity contribution in [2.24, 2.45) is 5.92 Å². The molecule has 3 heteroatoms. The molecule has 1 aliphatic carbocycles. The van der Waals surface area contributed by atoms with E-state index in [0.29, 0.717) is 0 Å². The standard InChI is InChI=1S/C7H7F2I/c1-4-2-3-5(8)6(9)7(4)10/h2-4,7H,1H3/t4-,7?/m1/s1. The zero-order valence-corrected chi connectivity index (χ0v) is 7.60. The zero-order chi connectivity index (χ0) is 7.72. The molecule has 0 saturated carbocycles. The van der Waals surface area contributed by atoms with Gasteiger partial charge in [0.25, 0.3) is 0 Å². The first kappa shape index (κ1) is 8.17. The van der Waals surface area contributed by atoms with E-state index < -0.39 is 11.7 Å². The highest BCUT2D eigenvalue weighted by molar-refractivity contribution is 14.1. The minimum atomic E-state index is -0.725. The number of rotatable bonds is 0. The molecule has 0 aromatic rings. The van der Waals surface area contributed by atoms with Crippen LogP contribution in [0.1, 0.15) is 6.92 Å². The van der Waals surface area contributed by atoms with Crippen LogP contribution in [0.2, 0.25) is 0 Å². The lowest BCUT2D eigenvalue weighted by Crippen LogP contribution is -2.12. The van der Waals surface area contributed by atoms with E-state index in [9.17, 15) is 8.78 Å². The maximum atomic E-state index is 12.7. The minimum Gasteiger partial charge on any atom is -0.207 e. The van der Waals surface area contributed by atoms with Crippen LogP contribution in [0.4, 0.5) is 8.78 Å². The van der Waals surface area contributed by atoms with Gasteiger partial charge in [-0.3, -0.25) is 0 Å². The summed E-state index contributed by atoms with van der Waals surface area (Å²) < 4.78 is 24.7. The molecule has 0 spiro atoms. The smallest absolute Gasteiger partial charge is 0.155 e. The summed E-state index contributed by atoms with van der Waals surface area (Å²) in [5.74, 6) is -1.26. The van der Waals surface area contributed by atoms with Crippen molar-refractivity contribution in [1.29, 1.82) is 0 Å². The van der Waals surface area contributed by atoms with E-state index in [1.54, 1.807) is 6.08 Å². The molecule has 1 unspecified atom stereocenters. The third-order valence-electron chi connectivity index (χ3n) is 1.48. The van der Waals surface area contributed by atoms with Gasteiger partial charge in [-0.05, 0) is 12.0 Å². The first-order valence-electron chi connectivity index (χ1n) is 3.00. The van der Waals surface area contributed by atoms with E-state index in [1.807, 2.05) is 29.5 Å². The Hall–Kier alpha value is 0.0700. The Kier molecular flexibility index (Phi) is 2.44. The molecule has 0 amide bonds. The van der Waals surface area contributed by atoms with Crippen molar-refractivity contribution in [2.75, 3.05) is 0 Å². The Bertz CT molecular complexity index is 196. The molecular weight excluding hydrogens is 249 g/mol. The molecule has 1 aliphatic rings. The predicted molar refractivity (Wildman–Crippen MR) is 45.4 cm³/mol. The Balaban J connectivity index is 2.88. The molecule has 0 aromatic heterocycles. The molecule has 0 heterocycles. The van der Waals surface area contributed by atoms with Crippen LogP contribution >= 0.6 is 22.6 Å². The Labute approximate surface area is 72.1 Å². The fraction of sp³-hybridized carbons (Fsp3) is 0.429. The van der Waals surface area contributed by atoms with Gasteiger partial charge >= 0.3 is 0 Å². The van der Waals surface area contributed by atoms with Gasteiger partial charge in [-0.15, -0.1) is 0 Å². The molecule has 0 bridgehead atoms. The number of alkyl halides is 1. The number of hydrogen-bond donors (Lipinski definition) is 0. The van der Waals surface area contributed by atoms with Gasteiger partial charge in [0.15, 0.2) is 5.83 Å². The van der Waals surface area contributed by atoms with Crippen molar-refractivity contribution >= 4 is 22.6 Å². The lowest BCUT2D eigenvalue weighted by atomic mass is 10.0. The normalized spacial score (nSPS) is 33.2. The number of halogens is 3. The van der Waals surface area contributed by atoms with Crippen molar-refractivity contribution in [3.8, 4) is 0 Å². The van der Waals surface area contributed by atoms with Crippen LogP contribution < -0.4 is 0 Å². The molecule has 0 N–H and O–H groups in total. The van der Waals surface area contributed by atoms with Crippen LogP contribution in [0.25, 0.3) is 0 Å². The highest BCUT2D eigenvalue weighted by Gasteiger charge is 2.23. The second kappa shape index (κ2) is 2.98. The van der Waals surface area contributed by atoms with Gasteiger partial charge in [0.05, 0.1) is 3.92 Å². The Morgan fingerprint density at radius 1 is 1.50 bits per heavy atom.